The van der Waals surface area contributed by atoms with Crippen LogP contribution >= 0.6 is 0 Å². The van der Waals surface area contributed by atoms with Gasteiger partial charge < -0.3 is 5.73 Å². The molecule has 13 heavy (non-hydrogen) atoms. The van der Waals surface area contributed by atoms with Gasteiger partial charge in [0.1, 0.15) is 11.5 Å². The van der Waals surface area contributed by atoms with E-state index in [0.29, 0.717) is 5.56 Å². The summed E-state index contributed by atoms with van der Waals surface area (Å²) in [4.78, 5) is 3.63. The Kier molecular flexibility index (Phi) is 2.81. The Bertz CT molecular complexity index is 318. The topological polar surface area (TPSA) is 70.6 Å². The zero-order valence-corrected chi connectivity index (χ0v) is 7.08. The van der Waals surface area contributed by atoms with Crippen LogP contribution in [0.25, 0.3) is 0 Å². The highest BCUT2D eigenvalue weighted by atomic mass is 19.1. The first-order chi connectivity index (χ1) is 6.15. The average molecular weight is 183 g/mol. The van der Waals surface area contributed by atoms with Gasteiger partial charge in [0, 0.05) is 0 Å². The summed E-state index contributed by atoms with van der Waals surface area (Å²) in [6, 6.07) is 4.55. The minimum Gasteiger partial charge on any atom is -0.368 e. The number of aliphatic imine (C=N–C) groups is 1. The number of benzene rings is 1. The number of hydrogen-bond acceptors (Lipinski definition) is 2. The highest BCUT2D eigenvalue weighted by Crippen LogP contribution is 2.21. The predicted octanol–water partition coefficient (Wildman–Crippen LogP) is 1.06. The molecule has 0 spiro atoms. The summed E-state index contributed by atoms with van der Waals surface area (Å²) in [5, 5.41) is 8.35. The van der Waals surface area contributed by atoms with E-state index >= 15 is 0 Å². The Morgan fingerprint density at radius 1 is 1.62 bits per heavy atom. The summed E-state index contributed by atoms with van der Waals surface area (Å²) < 4.78 is 13.1. The number of guanidine groups is 1. The van der Waals surface area contributed by atoms with Crippen molar-refractivity contribution in [2.75, 3.05) is 0 Å². The summed E-state index contributed by atoms with van der Waals surface area (Å²) >= 11 is 0. The lowest BCUT2D eigenvalue weighted by molar-refractivity contribution is 0.233. The molecule has 1 aromatic rings. The van der Waals surface area contributed by atoms with Gasteiger partial charge in [-0.1, -0.05) is 12.1 Å². The smallest absolute Gasteiger partial charge is 0.218 e. The summed E-state index contributed by atoms with van der Waals surface area (Å²) in [6.45, 7) is 1.70. The van der Waals surface area contributed by atoms with Gasteiger partial charge in [-0.05, 0) is 18.6 Å². The lowest BCUT2D eigenvalue weighted by Gasteiger charge is -2.02. The molecule has 0 aromatic heterocycles. The lowest BCUT2D eigenvalue weighted by atomic mass is 10.2. The van der Waals surface area contributed by atoms with E-state index in [2.05, 4.69) is 4.99 Å². The molecule has 0 atom stereocenters. The molecule has 0 unspecified atom stereocenters. The maximum absolute atomic E-state index is 13.1. The molecule has 1 rings (SSSR count). The van der Waals surface area contributed by atoms with Crippen molar-refractivity contribution in [1.82, 2.24) is 5.48 Å². The molecule has 0 aliphatic carbocycles. The molecule has 5 heteroatoms. The van der Waals surface area contributed by atoms with Crippen LogP contribution < -0.4 is 11.2 Å². The maximum atomic E-state index is 13.1. The zero-order valence-electron chi connectivity index (χ0n) is 7.08. The Balaban J connectivity index is 3.14. The third kappa shape index (κ3) is 2.16. The van der Waals surface area contributed by atoms with E-state index in [1.807, 2.05) is 0 Å². The number of nitrogens with one attached hydrogen (secondary N) is 1. The van der Waals surface area contributed by atoms with Gasteiger partial charge in [0.05, 0.1) is 0 Å². The average Bonchev–Trinajstić information content (AvgIpc) is 2.11. The van der Waals surface area contributed by atoms with Crippen LogP contribution in [0.4, 0.5) is 10.1 Å². The second-order valence-electron chi connectivity index (χ2n) is 2.51. The standard InChI is InChI=1S/C8H10FN3O/c1-5-3-2-4-6(9)7(5)11-8(10)12-13/h2-4,13H,1H3,(H3,10,11,12). The molecule has 4 N–H and O–H groups in total. The largest absolute Gasteiger partial charge is 0.368 e. The first-order valence-electron chi connectivity index (χ1n) is 3.64. The number of nitrogens with zero attached hydrogens (tertiary/aromatic N) is 1. The molecule has 0 aliphatic heterocycles. The Morgan fingerprint density at radius 2 is 2.31 bits per heavy atom. The van der Waals surface area contributed by atoms with Gasteiger partial charge in [-0.3, -0.25) is 5.21 Å². The van der Waals surface area contributed by atoms with E-state index in [-0.39, 0.29) is 11.6 Å². The SMILES string of the molecule is Cc1cccc(F)c1N=C(N)NO. The number of halogens is 1. The first-order valence-corrected chi connectivity index (χ1v) is 3.64. The van der Waals surface area contributed by atoms with Crippen molar-refractivity contribution in [2.24, 2.45) is 10.7 Å². The van der Waals surface area contributed by atoms with Crippen LogP contribution in [-0.2, 0) is 0 Å². The molecule has 0 bridgehead atoms. The minimum absolute atomic E-state index is 0.126. The van der Waals surface area contributed by atoms with Gasteiger partial charge in [-0.2, -0.15) is 0 Å². The van der Waals surface area contributed by atoms with Crippen LogP contribution in [0, 0.1) is 12.7 Å². The molecule has 1 aromatic carbocycles. The van der Waals surface area contributed by atoms with Gasteiger partial charge in [0.15, 0.2) is 0 Å². The Labute approximate surface area is 74.9 Å². The van der Waals surface area contributed by atoms with Crippen molar-refractivity contribution in [2.45, 2.75) is 6.92 Å². The van der Waals surface area contributed by atoms with Gasteiger partial charge in [-0.25, -0.2) is 14.9 Å². The van der Waals surface area contributed by atoms with Crippen molar-refractivity contribution in [3.05, 3.63) is 29.6 Å². The monoisotopic (exact) mass is 183 g/mol. The maximum Gasteiger partial charge on any atom is 0.218 e. The minimum atomic E-state index is -0.474. The van der Waals surface area contributed by atoms with Crippen molar-refractivity contribution in [3.63, 3.8) is 0 Å². The third-order valence-electron chi connectivity index (χ3n) is 1.54. The predicted molar refractivity (Wildman–Crippen MR) is 47.3 cm³/mol. The van der Waals surface area contributed by atoms with E-state index in [0.717, 1.165) is 0 Å². The van der Waals surface area contributed by atoms with E-state index in [1.165, 1.54) is 6.07 Å². The second kappa shape index (κ2) is 3.86. The summed E-state index contributed by atoms with van der Waals surface area (Å²) in [7, 11) is 0. The number of rotatable bonds is 1. The molecular weight excluding hydrogens is 173 g/mol. The number of hydroxylamine groups is 1. The van der Waals surface area contributed by atoms with E-state index in [1.54, 1.807) is 24.5 Å². The fraction of sp³-hybridized carbons (Fsp3) is 0.125. The number of nitrogens with two attached hydrogens (primary N) is 1. The summed E-state index contributed by atoms with van der Waals surface area (Å²) in [5.74, 6) is -0.716. The molecule has 0 radical (unpaired) electrons. The van der Waals surface area contributed by atoms with E-state index in [9.17, 15) is 4.39 Å². The second-order valence-corrected chi connectivity index (χ2v) is 2.51. The fourth-order valence-corrected chi connectivity index (χ4v) is 0.910. The molecule has 4 nitrogen and oxygen atoms in total. The summed E-state index contributed by atoms with van der Waals surface area (Å²) in [6.07, 6.45) is 0. The Hall–Kier alpha value is -1.62. The lowest BCUT2D eigenvalue weighted by Crippen LogP contribution is -2.27. The third-order valence-corrected chi connectivity index (χ3v) is 1.54. The Morgan fingerprint density at radius 3 is 2.85 bits per heavy atom. The number of para-hydroxylation sites is 1. The van der Waals surface area contributed by atoms with Gasteiger partial charge in [-0.15, -0.1) is 0 Å². The number of aryl methyl sites for hydroxylation is 1. The van der Waals surface area contributed by atoms with E-state index < -0.39 is 5.82 Å². The van der Waals surface area contributed by atoms with Gasteiger partial charge >= 0.3 is 0 Å². The highest BCUT2D eigenvalue weighted by molar-refractivity contribution is 5.80. The molecule has 0 saturated heterocycles. The molecular formula is C8H10FN3O. The fourth-order valence-electron chi connectivity index (χ4n) is 0.910. The zero-order chi connectivity index (χ0) is 9.84. The molecule has 0 aliphatic rings. The number of hydrogen-bond donors (Lipinski definition) is 3. The van der Waals surface area contributed by atoms with Crippen LogP contribution in [0.1, 0.15) is 5.56 Å². The highest BCUT2D eigenvalue weighted by Gasteiger charge is 2.03. The van der Waals surface area contributed by atoms with Crippen molar-refractivity contribution in [3.8, 4) is 0 Å². The summed E-state index contributed by atoms with van der Waals surface area (Å²) in [5.41, 5.74) is 7.57. The molecule has 70 valence electrons. The molecule has 0 fully saturated rings. The van der Waals surface area contributed by atoms with Crippen LogP contribution in [0.15, 0.2) is 23.2 Å². The van der Waals surface area contributed by atoms with Crippen LogP contribution in [0.3, 0.4) is 0 Å². The molecule has 0 amide bonds. The van der Waals surface area contributed by atoms with Crippen molar-refractivity contribution >= 4 is 11.6 Å². The normalized spacial score (nSPS) is 11.5. The molecule has 0 heterocycles. The van der Waals surface area contributed by atoms with Crippen molar-refractivity contribution in [1.29, 1.82) is 0 Å². The van der Waals surface area contributed by atoms with E-state index in [4.69, 9.17) is 10.9 Å². The van der Waals surface area contributed by atoms with Crippen LogP contribution in [0.2, 0.25) is 0 Å². The first kappa shape index (κ1) is 9.47. The van der Waals surface area contributed by atoms with Gasteiger partial charge in [0.25, 0.3) is 0 Å². The van der Waals surface area contributed by atoms with Gasteiger partial charge in [0.2, 0.25) is 5.96 Å². The van der Waals surface area contributed by atoms with Crippen molar-refractivity contribution < 1.29 is 9.60 Å². The van der Waals surface area contributed by atoms with Crippen LogP contribution in [-0.4, -0.2) is 11.2 Å². The van der Waals surface area contributed by atoms with Crippen LogP contribution in [0.5, 0.6) is 0 Å². The quantitative estimate of drug-likeness (QED) is 0.346. The molecule has 0 saturated carbocycles.